The first kappa shape index (κ1) is 15.1. The standard InChI is InChI=1S/C19H21N3O2/c1-12-2-6-16(11-20-12)24-15-7-3-13(4-8-15)19(23)22-18-10-14-5-9-17(18)21-14/h2-4,6-8,11,14,17-18,21H,5,9-10H2,1H3,(H,22,23)/t14-,17+,18-/m1/s1. The lowest BCUT2D eigenvalue weighted by Gasteiger charge is -2.21. The molecule has 2 N–H and O–H groups in total. The summed E-state index contributed by atoms with van der Waals surface area (Å²) in [5.41, 5.74) is 1.61. The van der Waals surface area contributed by atoms with Crippen LogP contribution in [0, 0.1) is 6.92 Å². The Bertz CT molecular complexity index is 727. The summed E-state index contributed by atoms with van der Waals surface area (Å²) in [5, 5.41) is 6.68. The van der Waals surface area contributed by atoms with Crippen LogP contribution in [-0.2, 0) is 0 Å². The van der Waals surface area contributed by atoms with Gasteiger partial charge in [-0.3, -0.25) is 9.78 Å². The van der Waals surface area contributed by atoms with Crippen molar-refractivity contribution in [1.82, 2.24) is 15.6 Å². The second-order valence-electron chi connectivity index (χ2n) is 6.62. The predicted molar refractivity (Wildman–Crippen MR) is 91.3 cm³/mol. The number of carbonyl (C=O) groups excluding carboxylic acids is 1. The lowest BCUT2D eigenvalue weighted by Crippen LogP contribution is -2.42. The van der Waals surface area contributed by atoms with E-state index in [1.807, 2.05) is 31.2 Å². The largest absolute Gasteiger partial charge is 0.456 e. The molecule has 5 nitrogen and oxygen atoms in total. The summed E-state index contributed by atoms with van der Waals surface area (Å²) in [6.45, 7) is 1.93. The molecule has 0 saturated carbocycles. The van der Waals surface area contributed by atoms with Gasteiger partial charge in [-0.15, -0.1) is 0 Å². The first-order valence-electron chi connectivity index (χ1n) is 8.45. The Morgan fingerprint density at radius 1 is 1.17 bits per heavy atom. The molecule has 3 atom stereocenters. The lowest BCUT2D eigenvalue weighted by molar-refractivity contribution is 0.0931. The highest BCUT2D eigenvalue weighted by atomic mass is 16.5. The number of aryl methyl sites for hydroxylation is 1. The molecular weight excluding hydrogens is 302 g/mol. The van der Waals surface area contributed by atoms with Crippen molar-refractivity contribution in [3.05, 3.63) is 53.9 Å². The summed E-state index contributed by atoms with van der Waals surface area (Å²) in [6, 6.07) is 12.3. The van der Waals surface area contributed by atoms with E-state index < -0.39 is 0 Å². The number of aromatic nitrogens is 1. The molecule has 0 aliphatic carbocycles. The second kappa shape index (κ2) is 6.24. The number of carbonyl (C=O) groups is 1. The van der Waals surface area contributed by atoms with E-state index in [2.05, 4.69) is 15.6 Å². The molecule has 4 rings (SSSR count). The van der Waals surface area contributed by atoms with Gasteiger partial charge in [-0.05, 0) is 62.6 Å². The van der Waals surface area contributed by atoms with Crippen molar-refractivity contribution in [3.63, 3.8) is 0 Å². The minimum Gasteiger partial charge on any atom is -0.456 e. The molecule has 124 valence electrons. The van der Waals surface area contributed by atoms with E-state index in [4.69, 9.17) is 4.74 Å². The average molecular weight is 323 g/mol. The third-order valence-corrected chi connectivity index (χ3v) is 4.85. The third kappa shape index (κ3) is 3.12. The molecule has 0 unspecified atom stereocenters. The van der Waals surface area contributed by atoms with E-state index in [0.717, 1.165) is 18.5 Å². The van der Waals surface area contributed by atoms with Gasteiger partial charge in [0.15, 0.2) is 0 Å². The fourth-order valence-electron chi connectivity index (χ4n) is 3.56. The van der Waals surface area contributed by atoms with Gasteiger partial charge in [-0.1, -0.05) is 0 Å². The number of amides is 1. The summed E-state index contributed by atoms with van der Waals surface area (Å²) in [6.07, 6.45) is 5.13. The van der Waals surface area contributed by atoms with Gasteiger partial charge >= 0.3 is 0 Å². The van der Waals surface area contributed by atoms with Crippen LogP contribution in [0.1, 0.15) is 35.3 Å². The molecule has 2 bridgehead atoms. The van der Waals surface area contributed by atoms with Crippen LogP contribution in [-0.4, -0.2) is 29.0 Å². The Hall–Kier alpha value is -2.40. The first-order valence-corrected chi connectivity index (χ1v) is 8.45. The van der Waals surface area contributed by atoms with Crippen molar-refractivity contribution in [3.8, 4) is 11.5 Å². The number of ether oxygens (including phenoxy) is 1. The van der Waals surface area contributed by atoms with E-state index in [9.17, 15) is 4.79 Å². The zero-order chi connectivity index (χ0) is 16.5. The maximum Gasteiger partial charge on any atom is 0.251 e. The van der Waals surface area contributed by atoms with Crippen molar-refractivity contribution in [1.29, 1.82) is 0 Å². The van der Waals surface area contributed by atoms with Crippen LogP contribution >= 0.6 is 0 Å². The fourth-order valence-corrected chi connectivity index (χ4v) is 3.56. The fraction of sp³-hybridized carbons (Fsp3) is 0.368. The van der Waals surface area contributed by atoms with Crippen LogP contribution in [0.2, 0.25) is 0 Å². The smallest absolute Gasteiger partial charge is 0.251 e. The number of fused-ring (bicyclic) bond motifs is 2. The second-order valence-corrected chi connectivity index (χ2v) is 6.62. The van der Waals surface area contributed by atoms with Crippen molar-refractivity contribution in [2.75, 3.05) is 0 Å². The van der Waals surface area contributed by atoms with Crippen molar-refractivity contribution in [2.24, 2.45) is 0 Å². The number of nitrogens with one attached hydrogen (secondary N) is 2. The highest BCUT2D eigenvalue weighted by Crippen LogP contribution is 2.28. The van der Waals surface area contributed by atoms with E-state index >= 15 is 0 Å². The van der Waals surface area contributed by atoms with Gasteiger partial charge in [0.2, 0.25) is 0 Å². The highest BCUT2D eigenvalue weighted by molar-refractivity contribution is 5.94. The van der Waals surface area contributed by atoms with Crippen LogP contribution in [0.4, 0.5) is 0 Å². The Kier molecular flexibility index (Phi) is 3.94. The van der Waals surface area contributed by atoms with Crippen LogP contribution in [0.15, 0.2) is 42.6 Å². The van der Waals surface area contributed by atoms with Crippen molar-refractivity contribution < 1.29 is 9.53 Å². The molecule has 1 aromatic heterocycles. The maximum atomic E-state index is 12.4. The van der Waals surface area contributed by atoms with Gasteiger partial charge in [-0.2, -0.15) is 0 Å². The molecule has 1 aromatic carbocycles. The van der Waals surface area contributed by atoms with Gasteiger partial charge in [0, 0.05) is 29.4 Å². The molecule has 24 heavy (non-hydrogen) atoms. The number of benzene rings is 1. The van der Waals surface area contributed by atoms with Crippen molar-refractivity contribution in [2.45, 2.75) is 44.3 Å². The van der Waals surface area contributed by atoms with Gasteiger partial charge in [0.05, 0.1) is 6.20 Å². The van der Waals surface area contributed by atoms with E-state index in [0.29, 0.717) is 29.1 Å². The monoisotopic (exact) mass is 323 g/mol. The van der Waals surface area contributed by atoms with E-state index in [1.54, 1.807) is 18.3 Å². The molecule has 0 spiro atoms. The van der Waals surface area contributed by atoms with Gasteiger partial charge in [-0.25, -0.2) is 0 Å². The molecule has 0 radical (unpaired) electrons. The topological polar surface area (TPSA) is 63.2 Å². The number of rotatable bonds is 4. The average Bonchev–Trinajstić information content (AvgIpc) is 3.20. The van der Waals surface area contributed by atoms with Crippen LogP contribution < -0.4 is 15.4 Å². The van der Waals surface area contributed by atoms with Crippen LogP contribution in [0.25, 0.3) is 0 Å². The molecule has 2 aliphatic rings. The SMILES string of the molecule is Cc1ccc(Oc2ccc(C(=O)N[C@@H]3C[C@H]4CC[C@@H]3N4)cc2)cn1. The van der Waals surface area contributed by atoms with E-state index in [1.165, 1.54) is 6.42 Å². The molecule has 2 aromatic rings. The van der Waals surface area contributed by atoms with Gasteiger partial charge in [0.1, 0.15) is 11.5 Å². The normalized spacial score (nSPS) is 24.8. The Morgan fingerprint density at radius 3 is 2.58 bits per heavy atom. The number of hydrogen-bond acceptors (Lipinski definition) is 4. The Balaban J connectivity index is 1.38. The molecule has 3 heterocycles. The summed E-state index contributed by atoms with van der Waals surface area (Å²) in [4.78, 5) is 16.6. The van der Waals surface area contributed by atoms with Crippen molar-refractivity contribution >= 4 is 5.91 Å². The number of pyridine rings is 1. The lowest BCUT2D eigenvalue weighted by atomic mass is 9.95. The summed E-state index contributed by atoms with van der Waals surface area (Å²) in [7, 11) is 0. The predicted octanol–water partition coefficient (Wildman–Crippen LogP) is 2.81. The molecular formula is C19H21N3O2. The summed E-state index contributed by atoms with van der Waals surface area (Å²) < 4.78 is 5.74. The van der Waals surface area contributed by atoms with Crippen LogP contribution in [0.5, 0.6) is 11.5 Å². The molecule has 1 amide bonds. The van der Waals surface area contributed by atoms with Crippen LogP contribution in [0.3, 0.4) is 0 Å². The molecule has 2 aliphatic heterocycles. The first-order chi connectivity index (χ1) is 11.7. The Morgan fingerprint density at radius 2 is 1.96 bits per heavy atom. The number of hydrogen-bond donors (Lipinski definition) is 2. The third-order valence-electron chi connectivity index (χ3n) is 4.85. The van der Waals surface area contributed by atoms with E-state index in [-0.39, 0.29) is 11.9 Å². The highest BCUT2D eigenvalue weighted by Gasteiger charge is 2.39. The zero-order valence-electron chi connectivity index (χ0n) is 13.7. The minimum absolute atomic E-state index is 0.0158. The molecule has 2 saturated heterocycles. The quantitative estimate of drug-likeness (QED) is 0.908. The zero-order valence-corrected chi connectivity index (χ0v) is 13.7. The minimum atomic E-state index is -0.0158. The van der Waals surface area contributed by atoms with Gasteiger partial charge in [0.25, 0.3) is 5.91 Å². The maximum absolute atomic E-state index is 12.4. The molecule has 2 fully saturated rings. The summed E-state index contributed by atoms with van der Waals surface area (Å²) >= 11 is 0. The van der Waals surface area contributed by atoms with Gasteiger partial charge < -0.3 is 15.4 Å². The number of nitrogens with zero attached hydrogens (tertiary/aromatic N) is 1. The molecule has 5 heteroatoms. The Labute approximate surface area is 141 Å². The summed E-state index contributed by atoms with van der Waals surface area (Å²) in [5.74, 6) is 1.36.